The molecule has 0 fully saturated rings. The summed E-state index contributed by atoms with van der Waals surface area (Å²) in [6, 6.07) is 3.34. The van der Waals surface area contributed by atoms with Gasteiger partial charge in [-0.25, -0.2) is 0 Å². The highest BCUT2D eigenvalue weighted by Gasteiger charge is 2.20. The average molecular weight is 300 g/mol. The summed E-state index contributed by atoms with van der Waals surface area (Å²) in [4.78, 5) is 4.26. The van der Waals surface area contributed by atoms with Gasteiger partial charge in [-0.2, -0.15) is 5.10 Å². The van der Waals surface area contributed by atoms with Crippen LogP contribution in [0.5, 0.6) is 0 Å². The number of nitrogens with zero attached hydrogens (tertiary/aromatic N) is 3. The molecule has 0 bridgehead atoms. The first-order valence-corrected chi connectivity index (χ1v) is 6.54. The van der Waals surface area contributed by atoms with E-state index in [1.54, 1.807) is 23.0 Å². The van der Waals surface area contributed by atoms with E-state index in [1.807, 2.05) is 14.0 Å². The number of pyridine rings is 1. The van der Waals surface area contributed by atoms with Gasteiger partial charge < -0.3 is 0 Å². The Labute approximate surface area is 121 Å². The zero-order valence-corrected chi connectivity index (χ0v) is 12.2. The van der Waals surface area contributed by atoms with Gasteiger partial charge in [0.25, 0.3) is 0 Å². The van der Waals surface area contributed by atoms with E-state index in [0.29, 0.717) is 22.2 Å². The highest BCUT2D eigenvalue weighted by molar-refractivity contribution is 6.32. The molecule has 2 heterocycles. The van der Waals surface area contributed by atoms with Crippen molar-refractivity contribution in [1.29, 1.82) is 0 Å². The minimum Gasteiger partial charge on any atom is -0.271 e. The lowest BCUT2D eigenvalue weighted by molar-refractivity contribution is 0.519. The molecular weight excluding hydrogens is 285 g/mol. The van der Waals surface area contributed by atoms with E-state index < -0.39 is 0 Å². The molecule has 0 aliphatic carbocycles. The summed E-state index contributed by atoms with van der Waals surface area (Å²) in [6.07, 6.45) is 2.24. The fourth-order valence-corrected chi connectivity index (χ4v) is 2.47. The Bertz CT molecular complexity index is 581. The molecule has 2 rings (SSSR count). The number of aryl methyl sites for hydroxylation is 2. The van der Waals surface area contributed by atoms with Crippen LogP contribution < -0.4 is 11.3 Å². The van der Waals surface area contributed by atoms with E-state index in [1.165, 1.54) is 0 Å². The SMILES string of the molecule is Cc1nn(C)c(CC(NN)c2ncccc2Cl)c1Cl. The molecule has 2 aromatic rings. The van der Waals surface area contributed by atoms with Crippen LogP contribution in [0.25, 0.3) is 0 Å². The van der Waals surface area contributed by atoms with Crippen LogP contribution in [0, 0.1) is 6.92 Å². The third-order valence-electron chi connectivity index (χ3n) is 2.98. The van der Waals surface area contributed by atoms with Gasteiger partial charge in [-0.05, 0) is 19.1 Å². The normalized spacial score (nSPS) is 12.7. The van der Waals surface area contributed by atoms with Gasteiger partial charge in [0.1, 0.15) is 0 Å². The lowest BCUT2D eigenvalue weighted by Gasteiger charge is -2.16. The topological polar surface area (TPSA) is 68.8 Å². The maximum atomic E-state index is 6.24. The minimum absolute atomic E-state index is 0.221. The van der Waals surface area contributed by atoms with E-state index in [4.69, 9.17) is 29.0 Å². The van der Waals surface area contributed by atoms with Crippen LogP contribution in [-0.2, 0) is 13.5 Å². The first kappa shape index (κ1) is 14.3. The highest BCUT2D eigenvalue weighted by atomic mass is 35.5. The van der Waals surface area contributed by atoms with Crippen molar-refractivity contribution in [2.75, 3.05) is 0 Å². The average Bonchev–Trinajstić information content (AvgIpc) is 2.63. The van der Waals surface area contributed by atoms with Gasteiger partial charge in [-0.1, -0.05) is 23.2 Å². The van der Waals surface area contributed by atoms with Crippen molar-refractivity contribution in [3.63, 3.8) is 0 Å². The van der Waals surface area contributed by atoms with Gasteiger partial charge in [0.2, 0.25) is 0 Å². The van der Waals surface area contributed by atoms with Gasteiger partial charge in [0.05, 0.1) is 33.2 Å². The second-order valence-corrected chi connectivity index (χ2v) is 5.05. The quantitative estimate of drug-likeness (QED) is 0.671. The standard InChI is InChI=1S/C12H15Cl2N5/c1-7-11(14)10(19(2)18-7)6-9(17-15)12-8(13)4-3-5-16-12/h3-5,9,17H,6,15H2,1-2H3. The summed E-state index contributed by atoms with van der Waals surface area (Å²) < 4.78 is 1.75. The Morgan fingerprint density at radius 2 is 2.21 bits per heavy atom. The maximum Gasteiger partial charge on any atom is 0.0847 e. The number of hydrogen-bond donors (Lipinski definition) is 2. The molecule has 0 aliphatic rings. The van der Waals surface area contributed by atoms with Gasteiger partial charge in [0.15, 0.2) is 0 Å². The second-order valence-electron chi connectivity index (χ2n) is 4.26. The van der Waals surface area contributed by atoms with E-state index in [9.17, 15) is 0 Å². The molecule has 0 aliphatic heterocycles. The molecule has 7 heteroatoms. The van der Waals surface area contributed by atoms with Crippen molar-refractivity contribution in [3.05, 3.63) is 45.5 Å². The molecule has 1 atom stereocenters. The summed E-state index contributed by atoms with van der Waals surface area (Å²) in [6.45, 7) is 1.87. The molecule has 3 N–H and O–H groups in total. The third-order valence-corrected chi connectivity index (χ3v) is 3.79. The Hall–Kier alpha value is -1.14. The number of aromatic nitrogens is 3. The van der Waals surface area contributed by atoms with E-state index in [-0.39, 0.29) is 6.04 Å². The van der Waals surface area contributed by atoms with Gasteiger partial charge in [-0.15, -0.1) is 0 Å². The summed E-state index contributed by atoms with van der Waals surface area (Å²) >= 11 is 12.4. The van der Waals surface area contributed by atoms with Crippen LogP contribution in [0.4, 0.5) is 0 Å². The first-order chi connectivity index (χ1) is 9.04. The molecule has 102 valence electrons. The Morgan fingerprint density at radius 1 is 1.47 bits per heavy atom. The fraction of sp³-hybridized carbons (Fsp3) is 0.333. The van der Waals surface area contributed by atoms with Crippen LogP contribution in [0.1, 0.15) is 23.1 Å². The number of nitrogens with two attached hydrogens (primary N) is 1. The fourth-order valence-electron chi connectivity index (χ4n) is 1.98. The molecule has 0 radical (unpaired) electrons. The predicted molar refractivity (Wildman–Crippen MR) is 76.0 cm³/mol. The molecule has 1 unspecified atom stereocenters. The van der Waals surface area contributed by atoms with Crippen molar-refractivity contribution >= 4 is 23.2 Å². The monoisotopic (exact) mass is 299 g/mol. The molecular formula is C12H15Cl2N5. The molecule has 19 heavy (non-hydrogen) atoms. The highest BCUT2D eigenvalue weighted by Crippen LogP contribution is 2.27. The molecule has 0 saturated carbocycles. The maximum absolute atomic E-state index is 6.24. The number of hydrazine groups is 1. The summed E-state index contributed by atoms with van der Waals surface area (Å²) in [5.74, 6) is 5.61. The van der Waals surface area contributed by atoms with E-state index in [0.717, 1.165) is 11.4 Å². The molecule has 0 spiro atoms. The number of halogens is 2. The lowest BCUT2D eigenvalue weighted by atomic mass is 10.1. The van der Waals surface area contributed by atoms with Gasteiger partial charge in [-0.3, -0.25) is 20.9 Å². The summed E-state index contributed by atoms with van der Waals surface area (Å²) in [5.41, 5.74) is 5.11. The number of nitrogens with one attached hydrogen (secondary N) is 1. The van der Waals surface area contributed by atoms with Crippen LogP contribution >= 0.6 is 23.2 Å². The molecule has 0 amide bonds. The largest absolute Gasteiger partial charge is 0.271 e. The molecule has 0 saturated heterocycles. The van der Waals surface area contributed by atoms with Gasteiger partial charge >= 0.3 is 0 Å². The van der Waals surface area contributed by atoms with Crippen molar-refractivity contribution < 1.29 is 0 Å². The molecule has 0 aromatic carbocycles. The summed E-state index contributed by atoms with van der Waals surface area (Å²) in [5, 5.41) is 5.49. The zero-order chi connectivity index (χ0) is 14.0. The van der Waals surface area contributed by atoms with Crippen LogP contribution in [-0.4, -0.2) is 14.8 Å². The second kappa shape index (κ2) is 5.88. The first-order valence-electron chi connectivity index (χ1n) is 5.79. The molecule has 5 nitrogen and oxygen atoms in total. The van der Waals surface area contributed by atoms with Crippen molar-refractivity contribution in [2.24, 2.45) is 12.9 Å². The van der Waals surface area contributed by atoms with Crippen LogP contribution in [0.3, 0.4) is 0 Å². The minimum atomic E-state index is -0.221. The third kappa shape index (κ3) is 2.90. The van der Waals surface area contributed by atoms with Gasteiger partial charge in [0, 0.05) is 19.7 Å². The summed E-state index contributed by atoms with van der Waals surface area (Å²) in [7, 11) is 1.85. The predicted octanol–water partition coefficient (Wildman–Crippen LogP) is 2.18. The number of hydrogen-bond acceptors (Lipinski definition) is 4. The van der Waals surface area contributed by atoms with Crippen LogP contribution in [0.2, 0.25) is 10.0 Å². The Kier molecular flexibility index (Phi) is 4.42. The Balaban J connectivity index is 2.32. The van der Waals surface area contributed by atoms with Crippen molar-refractivity contribution in [1.82, 2.24) is 20.2 Å². The van der Waals surface area contributed by atoms with Crippen molar-refractivity contribution in [3.8, 4) is 0 Å². The van der Waals surface area contributed by atoms with Crippen LogP contribution in [0.15, 0.2) is 18.3 Å². The smallest absolute Gasteiger partial charge is 0.0847 e. The zero-order valence-electron chi connectivity index (χ0n) is 10.7. The molecule has 2 aromatic heterocycles. The lowest BCUT2D eigenvalue weighted by Crippen LogP contribution is -2.31. The van der Waals surface area contributed by atoms with E-state index >= 15 is 0 Å². The Morgan fingerprint density at radius 3 is 2.74 bits per heavy atom. The van der Waals surface area contributed by atoms with Crippen molar-refractivity contribution in [2.45, 2.75) is 19.4 Å². The van der Waals surface area contributed by atoms with E-state index in [2.05, 4.69) is 15.5 Å². The number of rotatable bonds is 4.